The maximum atomic E-state index is 13.5. The highest BCUT2D eigenvalue weighted by Crippen LogP contribution is 2.29. The van der Waals surface area contributed by atoms with E-state index in [2.05, 4.69) is 5.32 Å². The van der Waals surface area contributed by atoms with Crippen LogP contribution in [0.15, 0.2) is 18.2 Å². The van der Waals surface area contributed by atoms with E-state index in [0.717, 1.165) is 25.7 Å². The lowest BCUT2D eigenvalue weighted by Crippen LogP contribution is -2.48. The number of rotatable bonds is 4. The summed E-state index contributed by atoms with van der Waals surface area (Å²) in [7, 11) is 3.37. The molecule has 1 aromatic carbocycles. The minimum absolute atomic E-state index is 0.00939. The summed E-state index contributed by atoms with van der Waals surface area (Å²) in [6.45, 7) is 7.01. The number of ether oxygens (including phenoxy) is 2. The van der Waals surface area contributed by atoms with Gasteiger partial charge in [-0.15, -0.1) is 0 Å². The summed E-state index contributed by atoms with van der Waals surface area (Å²) in [5.74, 6) is 0.355. The van der Waals surface area contributed by atoms with Crippen LogP contribution in [0.1, 0.15) is 69.7 Å². The highest BCUT2D eigenvalue weighted by Gasteiger charge is 2.30. The summed E-state index contributed by atoms with van der Waals surface area (Å²) in [6, 6.07) is 5.04. The Labute approximate surface area is 209 Å². The van der Waals surface area contributed by atoms with Crippen molar-refractivity contribution in [3.05, 3.63) is 23.8 Å². The van der Waals surface area contributed by atoms with Gasteiger partial charge in [-0.05, 0) is 38.0 Å². The summed E-state index contributed by atoms with van der Waals surface area (Å²) in [5, 5.41) is 3.01. The number of benzene rings is 1. The van der Waals surface area contributed by atoms with Crippen molar-refractivity contribution in [3.63, 3.8) is 0 Å². The van der Waals surface area contributed by atoms with Crippen LogP contribution in [0.2, 0.25) is 0 Å². The van der Waals surface area contributed by atoms with Crippen LogP contribution in [-0.4, -0.2) is 73.5 Å². The van der Waals surface area contributed by atoms with Crippen LogP contribution in [0.4, 0.5) is 5.69 Å². The first kappa shape index (κ1) is 27.0. The highest BCUT2D eigenvalue weighted by molar-refractivity contribution is 5.99. The van der Waals surface area contributed by atoms with Gasteiger partial charge in [-0.3, -0.25) is 14.4 Å². The van der Waals surface area contributed by atoms with Crippen LogP contribution < -0.4 is 10.1 Å². The van der Waals surface area contributed by atoms with E-state index in [9.17, 15) is 14.4 Å². The monoisotopic (exact) mass is 487 g/mol. The van der Waals surface area contributed by atoms with E-state index in [1.807, 2.05) is 25.7 Å². The predicted molar refractivity (Wildman–Crippen MR) is 136 cm³/mol. The van der Waals surface area contributed by atoms with Crippen molar-refractivity contribution >= 4 is 23.4 Å². The molecule has 2 aliphatic rings. The Balaban J connectivity index is 1.90. The number of nitrogens with one attached hydrogen (secondary N) is 1. The lowest BCUT2D eigenvalue weighted by molar-refractivity contribution is -0.135. The van der Waals surface area contributed by atoms with Gasteiger partial charge in [0.2, 0.25) is 11.8 Å². The van der Waals surface area contributed by atoms with Gasteiger partial charge in [0.1, 0.15) is 12.4 Å². The van der Waals surface area contributed by atoms with Gasteiger partial charge >= 0.3 is 0 Å². The molecule has 194 valence electrons. The third-order valence-electron chi connectivity index (χ3n) is 7.31. The molecule has 0 unspecified atom stereocenters. The molecule has 1 aromatic rings. The zero-order valence-corrected chi connectivity index (χ0v) is 21.8. The molecule has 1 fully saturated rings. The smallest absolute Gasteiger partial charge is 0.257 e. The second-order valence-corrected chi connectivity index (χ2v) is 10.0. The van der Waals surface area contributed by atoms with E-state index in [4.69, 9.17) is 9.47 Å². The summed E-state index contributed by atoms with van der Waals surface area (Å²) in [6.07, 6.45) is 5.32. The lowest BCUT2D eigenvalue weighted by Gasteiger charge is -2.36. The molecule has 0 bridgehead atoms. The largest absolute Gasteiger partial charge is 0.491 e. The fraction of sp³-hybridized carbons (Fsp3) is 0.667. The van der Waals surface area contributed by atoms with Gasteiger partial charge in [-0.25, -0.2) is 0 Å². The molecule has 0 aromatic heterocycles. The van der Waals surface area contributed by atoms with Gasteiger partial charge < -0.3 is 24.6 Å². The Bertz CT molecular complexity index is 899. The summed E-state index contributed by atoms with van der Waals surface area (Å²) in [4.78, 5) is 42.4. The second kappa shape index (κ2) is 12.4. The molecule has 1 aliphatic heterocycles. The Kier molecular flexibility index (Phi) is 9.55. The fourth-order valence-corrected chi connectivity index (χ4v) is 5.01. The van der Waals surface area contributed by atoms with Crippen LogP contribution in [0, 0.1) is 11.8 Å². The normalized spacial score (nSPS) is 24.6. The molecule has 0 radical (unpaired) electrons. The molecule has 1 aliphatic carbocycles. The zero-order valence-electron chi connectivity index (χ0n) is 21.8. The number of carbonyl (C=O) groups is 3. The van der Waals surface area contributed by atoms with E-state index >= 15 is 0 Å². The van der Waals surface area contributed by atoms with Crippen molar-refractivity contribution in [1.82, 2.24) is 9.80 Å². The minimum Gasteiger partial charge on any atom is -0.491 e. The Morgan fingerprint density at radius 2 is 1.86 bits per heavy atom. The number of nitrogens with zero attached hydrogens (tertiary/aromatic N) is 2. The Hall–Kier alpha value is -2.61. The van der Waals surface area contributed by atoms with Crippen LogP contribution in [0.5, 0.6) is 5.75 Å². The maximum absolute atomic E-state index is 13.5. The number of fused-ring (bicyclic) bond motifs is 1. The Morgan fingerprint density at radius 1 is 1.14 bits per heavy atom. The van der Waals surface area contributed by atoms with Crippen molar-refractivity contribution in [3.8, 4) is 5.75 Å². The molecule has 0 saturated heterocycles. The number of anilines is 1. The quantitative estimate of drug-likeness (QED) is 0.695. The number of methoxy groups -OCH3 is 1. The first-order chi connectivity index (χ1) is 16.7. The highest BCUT2D eigenvalue weighted by atomic mass is 16.5. The average Bonchev–Trinajstić information content (AvgIpc) is 2.88. The van der Waals surface area contributed by atoms with E-state index in [0.29, 0.717) is 36.5 Å². The molecule has 8 heteroatoms. The number of hydrogen-bond donors (Lipinski definition) is 1. The summed E-state index contributed by atoms with van der Waals surface area (Å²) in [5.41, 5.74) is 0.974. The zero-order chi connectivity index (χ0) is 25.5. The topological polar surface area (TPSA) is 88.2 Å². The van der Waals surface area contributed by atoms with Crippen molar-refractivity contribution in [1.29, 1.82) is 0 Å². The molecule has 1 heterocycles. The van der Waals surface area contributed by atoms with Gasteiger partial charge in [0, 0.05) is 51.2 Å². The molecule has 35 heavy (non-hydrogen) atoms. The molecule has 1 N–H and O–H groups in total. The van der Waals surface area contributed by atoms with E-state index in [1.165, 1.54) is 6.42 Å². The summed E-state index contributed by atoms with van der Waals surface area (Å²) < 4.78 is 11.8. The molecule has 0 spiro atoms. The number of hydrogen-bond acceptors (Lipinski definition) is 5. The number of likely N-dealkylation sites (N-methyl/N-ethyl adjacent to an activating group) is 1. The third-order valence-corrected chi connectivity index (χ3v) is 7.31. The molecule has 3 atom stereocenters. The van der Waals surface area contributed by atoms with Crippen molar-refractivity contribution < 1.29 is 23.9 Å². The molecular formula is C27H41N3O5. The maximum Gasteiger partial charge on any atom is 0.257 e. The van der Waals surface area contributed by atoms with E-state index in [-0.39, 0.29) is 48.3 Å². The third kappa shape index (κ3) is 6.75. The van der Waals surface area contributed by atoms with Crippen LogP contribution in [0.25, 0.3) is 0 Å². The van der Waals surface area contributed by atoms with Gasteiger partial charge in [0.05, 0.1) is 17.7 Å². The van der Waals surface area contributed by atoms with Gasteiger partial charge in [0.25, 0.3) is 5.91 Å². The lowest BCUT2D eigenvalue weighted by atomic mass is 9.88. The number of amides is 3. The van der Waals surface area contributed by atoms with Crippen molar-refractivity contribution in [2.45, 2.75) is 71.4 Å². The van der Waals surface area contributed by atoms with Crippen molar-refractivity contribution in [2.75, 3.05) is 39.2 Å². The second-order valence-electron chi connectivity index (χ2n) is 10.0. The first-order valence-corrected chi connectivity index (χ1v) is 12.9. The Morgan fingerprint density at radius 3 is 2.51 bits per heavy atom. The minimum atomic E-state index is -0.235. The van der Waals surface area contributed by atoms with Crippen molar-refractivity contribution in [2.24, 2.45) is 11.8 Å². The standard InChI is InChI=1S/C27H41N3O5/c1-6-25(31)30-15-18(2)24(34-5)16-29(4)27(33)22-14-21(12-13-23(22)35-17-19(30)3)28-26(32)20-10-8-7-9-11-20/h12-14,18-20,24H,6-11,15-17H2,1-5H3,(H,28,32)/t18-,19-,24+/m0/s1. The van der Waals surface area contributed by atoms with Crippen LogP contribution in [0.3, 0.4) is 0 Å². The predicted octanol–water partition coefficient (Wildman–Crippen LogP) is 3.95. The van der Waals surface area contributed by atoms with Gasteiger partial charge in [-0.1, -0.05) is 33.1 Å². The SMILES string of the molecule is CCC(=O)N1C[C@H](C)[C@H](OC)CN(C)C(=O)c2cc(NC(=O)C3CCCCC3)ccc2OC[C@@H]1C. The molecule has 3 amide bonds. The van der Waals surface area contributed by atoms with Gasteiger partial charge in [-0.2, -0.15) is 0 Å². The molecule has 3 rings (SSSR count). The first-order valence-electron chi connectivity index (χ1n) is 12.9. The fourth-order valence-electron chi connectivity index (χ4n) is 5.01. The molecule has 8 nitrogen and oxygen atoms in total. The number of carbonyl (C=O) groups excluding carboxylic acids is 3. The molecule has 1 saturated carbocycles. The molecular weight excluding hydrogens is 446 g/mol. The average molecular weight is 488 g/mol. The van der Waals surface area contributed by atoms with Crippen LogP contribution in [-0.2, 0) is 14.3 Å². The van der Waals surface area contributed by atoms with E-state index < -0.39 is 0 Å². The summed E-state index contributed by atoms with van der Waals surface area (Å²) >= 11 is 0. The van der Waals surface area contributed by atoms with Crippen LogP contribution >= 0.6 is 0 Å². The van der Waals surface area contributed by atoms with Gasteiger partial charge in [0.15, 0.2) is 0 Å². The van der Waals surface area contributed by atoms with E-state index in [1.54, 1.807) is 37.3 Å².